The Morgan fingerprint density at radius 3 is 2.82 bits per heavy atom. The van der Waals surface area contributed by atoms with Gasteiger partial charge in [0.15, 0.2) is 5.54 Å². The minimum absolute atomic E-state index is 0.162. The van der Waals surface area contributed by atoms with Gasteiger partial charge in [-0.15, -0.1) is 11.3 Å². The number of amides is 1. The molecule has 1 saturated carbocycles. The van der Waals surface area contributed by atoms with E-state index in [-0.39, 0.29) is 5.91 Å². The molecule has 0 aliphatic heterocycles. The SMILES string of the molecule is CC(C)(C(=O)O)n1cc(NC(=O)c2sccc2C2CC2)cn1. The highest BCUT2D eigenvalue weighted by Crippen LogP contribution is 2.43. The molecular formula is C15H17N3O3S. The summed E-state index contributed by atoms with van der Waals surface area (Å²) in [5.74, 6) is -0.631. The van der Waals surface area contributed by atoms with Gasteiger partial charge in [-0.05, 0) is 49.6 Å². The van der Waals surface area contributed by atoms with Gasteiger partial charge in [-0.1, -0.05) is 0 Å². The number of hydrogen-bond donors (Lipinski definition) is 2. The molecule has 1 fully saturated rings. The molecule has 0 bridgehead atoms. The van der Waals surface area contributed by atoms with Gasteiger partial charge < -0.3 is 10.4 Å². The molecule has 0 saturated heterocycles. The minimum atomic E-state index is -1.16. The number of hydrogen-bond acceptors (Lipinski definition) is 4. The Hall–Kier alpha value is -2.15. The van der Waals surface area contributed by atoms with Crippen LogP contribution in [0, 0.1) is 0 Å². The summed E-state index contributed by atoms with van der Waals surface area (Å²) >= 11 is 1.43. The third-order valence-electron chi connectivity index (χ3n) is 3.86. The molecule has 2 N–H and O–H groups in total. The van der Waals surface area contributed by atoms with E-state index >= 15 is 0 Å². The lowest BCUT2D eigenvalue weighted by molar-refractivity contribution is -0.146. The highest BCUT2D eigenvalue weighted by atomic mass is 32.1. The number of nitrogens with zero attached hydrogens (tertiary/aromatic N) is 2. The van der Waals surface area contributed by atoms with Crippen LogP contribution in [-0.2, 0) is 10.3 Å². The normalized spacial score (nSPS) is 14.8. The van der Waals surface area contributed by atoms with Crippen molar-refractivity contribution >= 4 is 28.9 Å². The van der Waals surface area contributed by atoms with Crippen molar-refractivity contribution in [3.63, 3.8) is 0 Å². The Balaban J connectivity index is 1.76. The predicted octanol–water partition coefficient (Wildman–Crippen LogP) is 2.89. The van der Waals surface area contributed by atoms with E-state index in [1.165, 1.54) is 28.4 Å². The number of carboxylic acid groups (broad SMARTS) is 1. The van der Waals surface area contributed by atoms with E-state index in [0.29, 0.717) is 11.6 Å². The van der Waals surface area contributed by atoms with Gasteiger partial charge in [-0.3, -0.25) is 9.48 Å². The van der Waals surface area contributed by atoms with Crippen LogP contribution in [0.4, 0.5) is 5.69 Å². The van der Waals surface area contributed by atoms with E-state index in [1.807, 2.05) is 11.4 Å². The first kappa shape index (κ1) is 14.8. The van der Waals surface area contributed by atoms with E-state index in [0.717, 1.165) is 23.3 Å². The standard InChI is InChI=1S/C15H17N3O3S/c1-15(2,14(20)21)18-8-10(7-16-18)17-13(19)12-11(5-6-22-12)9-3-4-9/h5-9H,3-4H2,1-2H3,(H,17,19)(H,20,21). The number of thiophene rings is 1. The Bertz CT molecular complexity index is 728. The predicted molar refractivity (Wildman–Crippen MR) is 83.4 cm³/mol. The summed E-state index contributed by atoms with van der Waals surface area (Å²) in [6.45, 7) is 3.11. The number of rotatable bonds is 5. The average molecular weight is 319 g/mol. The maximum Gasteiger partial charge on any atom is 0.331 e. The van der Waals surface area contributed by atoms with E-state index in [4.69, 9.17) is 0 Å². The summed E-state index contributed by atoms with van der Waals surface area (Å²) < 4.78 is 1.33. The zero-order chi connectivity index (χ0) is 15.9. The molecule has 3 rings (SSSR count). The highest BCUT2D eigenvalue weighted by molar-refractivity contribution is 7.12. The van der Waals surface area contributed by atoms with Crippen LogP contribution in [0.15, 0.2) is 23.8 Å². The molecule has 0 unspecified atom stereocenters. The molecule has 7 heteroatoms. The van der Waals surface area contributed by atoms with Crippen molar-refractivity contribution in [2.45, 2.75) is 38.1 Å². The van der Waals surface area contributed by atoms with Crippen LogP contribution in [0.5, 0.6) is 0 Å². The number of aromatic nitrogens is 2. The fraction of sp³-hybridized carbons (Fsp3) is 0.400. The second kappa shape index (κ2) is 5.24. The summed E-state index contributed by atoms with van der Waals surface area (Å²) in [7, 11) is 0. The Morgan fingerprint density at radius 1 is 1.45 bits per heavy atom. The monoisotopic (exact) mass is 319 g/mol. The van der Waals surface area contributed by atoms with Crippen LogP contribution in [0.25, 0.3) is 0 Å². The third kappa shape index (κ3) is 2.64. The number of anilines is 1. The van der Waals surface area contributed by atoms with Crippen LogP contribution in [0.3, 0.4) is 0 Å². The van der Waals surface area contributed by atoms with Gasteiger partial charge in [-0.25, -0.2) is 4.79 Å². The quantitative estimate of drug-likeness (QED) is 0.887. The third-order valence-corrected chi connectivity index (χ3v) is 4.78. The van der Waals surface area contributed by atoms with Gasteiger partial charge >= 0.3 is 5.97 Å². The van der Waals surface area contributed by atoms with Gasteiger partial charge in [0.2, 0.25) is 0 Å². The van der Waals surface area contributed by atoms with E-state index in [9.17, 15) is 14.7 Å². The average Bonchev–Trinajstić information content (AvgIpc) is 3.00. The Labute approximate surface area is 131 Å². The van der Waals surface area contributed by atoms with Crippen molar-refractivity contribution in [2.24, 2.45) is 0 Å². The maximum absolute atomic E-state index is 12.4. The zero-order valence-corrected chi connectivity index (χ0v) is 13.2. The molecule has 2 aromatic rings. The van der Waals surface area contributed by atoms with Crippen molar-refractivity contribution in [2.75, 3.05) is 5.32 Å². The lowest BCUT2D eigenvalue weighted by Crippen LogP contribution is -2.35. The first-order valence-electron chi connectivity index (χ1n) is 7.07. The van der Waals surface area contributed by atoms with E-state index in [2.05, 4.69) is 10.4 Å². The number of carbonyl (C=O) groups is 2. The van der Waals surface area contributed by atoms with Gasteiger partial charge in [0, 0.05) is 6.20 Å². The lowest BCUT2D eigenvalue weighted by Gasteiger charge is -2.19. The second-order valence-electron chi connectivity index (χ2n) is 5.97. The Kier molecular flexibility index (Phi) is 3.52. The molecule has 6 nitrogen and oxygen atoms in total. The van der Waals surface area contributed by atoms with Crippen molar-refractivity contribution in [1.82, 2.24) is 9.78 Å². The molecule has 0 spiro atoms. The van der Waals surface area contributed by atoms with Crippen molar-refractivity contribution in [3.8, 4) is 0 Å². The van der Waals surface area contributed by atoms with Gasteiger partial charge in [0.1, 0.15) is 0 Å². The summed E-state index contributed by atoms with van der Waals surface area (Å²) in [5, 5.41) is 18.0. The van der Waals surface area contributed by atoms with E-state index in [1.54, 1.807) is 13.8 Å². The second-order valence-corrected chi connectivity index (χ2v) is 6.89. The van der Waals surface area contributed by atoms with Crippen molar-refractivity contribution in [3.05, 3.63) is 34.3 Å². The molecule has 1 aliphatic rings. The van der Waals surface area contributed by atoms with Gasteiger partial charge in [0.05, 0.1) is 16.8 Å². The van der Waals surface area contributed by atoms with Crippen molar-refractivity contribution < 1.29 is 14.7 Å². The fourth-order valence-electron chi connectivity index (χ4n) is 2.20. The molecular weight excluding hydrogens is 302 g/mol. The van der Waals surface area contributed by atoms with Crippen LogP contribution in [0.2, 0.25) is 0 Å². The summed E-state index contributed by atoms with van der Waals surface area (Å²) in [6.07, 6.45) is 5.28. The first-order chi connectivity index (χ1) is 10.4. The van der Waals surface area contributed by atoms with Crippen LogP contribution in [0.1, 0.15) is 47.8 Å². The van der Waals surface area contributed by atoms with Crippen LogP contribution in [-0.4, -0.2) is 26.8 Å². The maximum atomic E-state index is 12.4. The number of nitrogens with one attached hydrogen (secondary N) is 1. The molecule has 2 heterocycles. The number of carboxylic acids is 1. The van der Waals surface area contributed by atoms with Gasteiger partial charge in [-0.2, -0.15) is 5.10 Å². The lowest BCUT2D eigenvalue weighted by atomic mass is 10.1. The minimum Gasteiger partial charge on any atom is -0.479 e. The smallest absolute Gasteiger partial charge is 0.331 e. The summed E-state index contributed by atoms with van der Waals surface area (Å²) in [6, 6.07) is 2.01. The molecule has 1 amide bonds. The molecule has 22 heavy (non-hydrogen) atoms. The topological polar surface area (TPSA) is 84.2 Å². The molecule has 0 atom stereocenters. The van der Waals surface area contributed by atoms with Gasteiger partial charge in [0.25, 0.3) is 5.91 Å². The van der Waals surface area contributed by atoms with Crippen LogP contribution < -0.4 is 5.32 Å². The molecule has 0 aromatic carbocycles. The molecule has 2 aromatic heterocycles. The van der Waals surface area contributed by atoms with Crippen LogP contribution >= 0.6 is 11.3 Å². The Morgan fingerprint density at radius 2 is 2.18 bits per heavy atom. The molecule has 116 valence electrons. The largest absolute Gasteiger partial charge is 0.479 e. The fourth-order valence-corrected chi connectivity index (χ4v) is 3.08. The zero-order valence-electron chi connectivity index (χ0n) is 12.4. The van der Waals surface area contributed by atoms with E-state index < -0.39 is 11.5 Å². The molecule has 0 radical (unpaired) electrons. The van der Waals surface area contributed by atoms with Crippen molar-refractivity contribution in [1.29, 1.82) is 0 Å². The number of carbonyl (C=O) groups excluding carboxylic acids is 1. The molecule has 1 aliphatic carbocycles. The number of aliphatic carboxylic acids is 1. The summed E-state index contributed by atoms with van der Waals surface area (Å²) in [4.78, 5) is 24.3. The summed E-state index contributed by atoms with van der Waals surface area (Å²) in [5.41, 5.74) is 0.445. The highest BCUT2D eigenvalue weighted by Gasteiger charge is 2.31. The first-order valence-corrected chi connectivity index (χ1v) is 7.95.